The molecule has 1 amide bonds. The summed E-state index contributed by atoms with van der Waals surface area (Å²) in [7, 11) is 0. The molecule has 6 heteroatoms. The van der Waals surface area contributed by atoms with Gasteiger partial charge < -0.3 is 5.73 Å². The van der Waals surface area contributed by atoms with E-state index in [-0.39, 0.29) is 5.91 Å². The van der Waals surface area contributed by atoms with Crippen molar-refractivity contribution in [1.29, 1.82) is 0 Å². The van der Waals surface area contributed by atoms with E-state index in [2.05, 4.69) is 20.8 Å². The van der Waals surface area contributed by atoms with E-state index < -0.39 is 0 Å². The van der Waals surface area contributed by atoms with Crippen molar-refractivity contribution in [3.63, 3.8) is 0 Å². The van der Waals surface area contributed by atoms with Crippen LogP contribution in [-0.4, -0.2) is 15.9 Å². The van der Waals surface area contributed by atoms with Gasteiger partial charge in [0.2, 0.25) is 0 Å². The minimum absolute atomic E-state index is 0.314. The molecule has 0 aliphatic carbocycles. The Kier molecular flexibility index (Phi) is 3.15. The number of nitrogens with zero attached hydrogens (tertiary/aromatic N) is 2. The molecule has 4 N–H and O–H groups in total. The van der Waals surface area contributed by atoms with Gasteiger partial charge in [-0.25, -0.2) is 4.98 Å². The van der Waals surface area contributed by atoms with Crippen LogP contribution in [0.3, 0.4) is 0 Å². The normalized spacial score (nSPS) is 9.65. The molecule has 0 saturated heterocycles. The molecule has 0 aromatic carbocycles. The maximum Gasteiger partial charge on any atom is 0.288 e. The van der Waals surface area contributed by atoms with E-state index in [0.29, 0.717) is 17.2 Å². The van der Waals surface area contributed by atoms with Crippen LogP contribution < -0.4 is 16.6 Å². The summed E-state index contributed by atoms with van der Waals surface area (Å²) in [4.78, 5) is 19.5. The number of aromatic nitrogens is 2. The Balaban J connectivity index is 2.00. The number of rotatable bonds is 3. The molecular weight excluding hydrogens is 218 g/mol. The van der Waals surface area contributed by atoms with Crippen LogP contribution in [0.1, 0.15) is 10.5 Å². The van der Waals surface area contributed by atoms with Crippen LogP contribution in [-0.2, 0) is 0 Å². The number of anilines is 2. The molecular formula is C11H11N5O. The Labute approximate surface area is 97.9 Å². The third-order valence-electron chi connectivity index (χ3n) is 2.03. The maximum atomic E-state index is 11.6. The lowest BCUT2D eigenvalue weighted by Crippen LogP contribution is -2.30. The van der Waals surface area contributed by atoms with Crippen LogP contribution >= 0.6 is 0 Å². The number of pyridine rings is 2. The standard InChI is InChI=1S/C11H11N5O/c12-8-4-3-7-14-10(8)15-16-11(17)9-5-1-2-6-13-9/h1-7H,12H2,(H,14,15)(H,16,17). The van der Waals surface area contributed by atoms with Crippen molar-refractivity contribution in [1.82, 2.24) is 15.4 Å². The number of hydrogen-bond acceptors (Lipinski definition) is 5. The van der Waals surface area contributed by atoms with Crippen LogP contribution in [0.2, 0.25) is 0 Å². The van der Waals surface area contributed by atoms with Gasteiger partial charge in [0.25, 0.3) is 5.91 Å². The van der Waals surface area contributed by atoms with E-state index in [9.17, 15) is 4.79 Å². The molecule has 2 aromatic rings. The zero-order valence-corrected chi connectivity index (χ0v) is 8.92. The summed E-state index contributed by atoms with van der Waals surface area (Å²) in [5, 5.41) is 0. The number of amides is 1. The summed E-state index contributed by atoms with van der Waals surface area (Å²) < 4.78 is 0. The summed E-state index contributed by atoms with van der Waals surface area (Å²) in [5.74, 6) is 0.0486. The van der Waals surface area contributed by atoms with Gasteiger partial charge >= 0.3 is 0 Å². The summed E-state index contributed by atoms with van der Waals surface area (Å²) in [6.07, 6.45) is 3.12. The zero-order chi connectivity index (χ0) is 12.1. The lowest BCUT2D eigenvalue weighted by Gasteiger charge is -2.08. The molecule has 0 radical (unpaired) electrons. The van der Waals surface area contributed by atoms with Crippen LogP contribution in [0.25, 0.3) is 0 Å². The fourth-order valence-electron chi connectivity index (χ4n) is 1.20. The highest BCUT2D eigenvalue weighted by Crippen LogP contribution is 2.11. The average Bonchev–Trinajstić information content (AvgIpc) is 2.38. The Morgan fingerprint density at radius 3 is 2.65 bits per heavy atom. The largest absolute Gasteiger partial charge is 0.396 e. The first-order valence-electron chi connectivity index (χ1n) is 4.95. The molecule has 0 aliphatic rings. The van der Waals surface area contributed by atoms with Gasteiger partial charge in [-0.1, -0.05) is 6.07 Å². The second-order valence-corrected chi connectivity index (χ2v) is 3.24. The van der Waals surface area contributed by atoms with E-state index in [1.165, 1.54) is 0 Å². The molecule has 0 unspecified atom stereocenters. The highest BCUT2D eigenvalue weighted by Gasteiger charge is 2.06. The maximum absolute atomic E-state index is 11.6. The molecule has 2 heterocycles. The molecule has 0 aliphatic heterocycles. The molecule has 86 valence electrons. The Morgan fingerprint density at radius 2 is 1.94 bits per heavy atom. The van der Waals surface area contributed by atoms with Crippen LogP contribution in [0.4, 0.5) is 11.5 Å². The molecule has 0 fully saturated rings. The minimum atomic E-state index is -0.351. The lowest BCUT2D eigenvalue weighted by atomic mass is 10.3. The quantitative estimate of drug-likeness (QED) is 0.677. The van der Waals surface area contributed by atoms with Crippen molar-refractivity contribution >= 4 is 17.4 Å². The van der Waals surface area contributed by atoms with Gasteiger partial charge in [-0.2, -0.15) is 0 Å². The van der Waals surface area contributed by atoms with Gasteiger partial charge in [0.1, 0.15) is 5.69 Å². The molecule has 6 nitrogen and oxygen atoms in total. The van der Waals surface area contributed by atoms with Crippen molar-refractivity contribution in [2.24, 2.45) is 0 Å². The topological polar surface area (TPSA) is 92.9 Å². The van der Waals surface area contributed by atoms with Crippen LogP contribution in [0.5, 0.6) is 0 Å². The third-order valence-corrected chi connectivity index (χ3v) is 2.03. The minimum Gasteiger partial charge on any atom is -0.396 e. The predicted molar refractivity (Wildman–Crippen MR) is 64.0 cm³/mol. The fourth-order valence-corrected chi connectivity index (χ4v) is 1.20. The van der Waals surface area contributed by atoms with Gasteiger partial charge in [-0.05, 0) is 24.3 Å². The third kappa shape index (κ3) is 2.69. The van der Waals surface area contributed by atoms with Crippen LogP contribution in [0.15, 0.2) is 42.7 Å². The zero-order valence-electron chi connectivity index (χ0n) is 8.92. The summed E-state index contributed by atoms with van der Waals surface area (Å²) in [5.41, 5.74) is 11.5. The molecule has 0 bridgehead atoms. The number of nitrogen functional groups attached to an aromatic ring is 1. The number of hydrazine groups is 1. The molecule has 2 rings (SSSR count). The van der Waals surface area contributed by atoms with Crippen molar-refractivity contribution in [2.45, 2.75) is 0 Å². The Bertz CT molecular complexity index is 514. The number of nitrogens with two attached hydrogens (primary N) is 1. The highest BCUT2D eigenvalue weighted by atomic mass is 16.2. The van der Waals surface area contributed by atoms with Gasteiger partial charge in [-0.3, -0.25) is 20.6 Å². The van der Waals surface area contributed by atoms with Crippen molar-refractivity contribution in [3.05, 3.63) is 48.4 Å². The molecule has 0 spiro atoms. The van der Waals surface area contributed by atoms with Crippen LogP contribution in [0, 0.1) is 0 Å². The van der Waals surface area contributed by atoms with E-state index in [0.717, 1.165) is 0 Å². The summed E-state index contributed by atoms with van der Waals surface area (Å²) in [6.45, 7) is 0. The van der Waals surface area contributed by atoms with Crippen molar-refractivity contribution in [2.75, 3.05) is 11.2 Å². The van der Waals surface area contributed by atoms with E-state index in [1.807, 2.05) is 0 Å². The number of carbonyl (C=O) groups is 1. The van der Waals surface area contributed by atoms with E-state index >= 15 is 0 Å². The molecule has 0 saturated carbocycles. The molecule has 17 heavy (non-hydrogen) atoms. The van der Waals surface area contributed by atoms with Gasteiger partial charge in [0, 0.05) is 12.4 Å². The van der Waals surface area contributed by atoms with Gasteiger partial charge in [0.05, 0.1) is 5.69 Å². The second-order valence-electron chi connectivity index (χ2n) is 3.24. The summed E-state index contributed by atoms with van der Waals surface area (Å²) in [6, 6.07) is 8.47. The number of hydrogen-bond donors (Lipinski definition) is 3. The molecule has 0 atom stereocenters. The Hall–Kier alpha value is -2.63. The first-order valence-corrected chi connectivity index (χ1v) is 4.95. The first kappa shape index (κ1) is 10.9. The monoisotopic (exact) mass is 229 g/mol. The predicted octanol–water partition coefficient (Wildman–Crippen LogP) is 0.816. The average molecular weight is 229 g/mol. The SMILES string of the molecule is Nc1cccnc1NNC(=O)c1ccccn1. The first-order chi connectivity index (χ1) is 8.27. The second kappa shape index (κ2) is 4.93. The molecule has 2 aromatic heterocycles. The highest BCUT2D eigenvalue weighted by molar-refractivity contribution is 5.93. The summed E-state index contributed by atoms with van der Waals surface area (Å²) >= 11 is 0. The number of carbonyl (C=O) groups excluding carboxylic acids is 1. The van der Waals surface area contributed by atoms with E-state index in [4.69, 9.17) is 5.73 Å². The van der Waals surface area contributed by atoms with Crippen molar-refractivity contribution in [3.8, 4) is 0 Å². The van der Waals surface area contributed by atoms with E-state index in [1.54, 1.807) is 42.7 Å². The smallest absolute Gasteiger partial charge is 0.288 e. The fraction of sp³-hybridized carbons (Fsp3) is 0. The van der Waals surface area contributed by atoms with Gasteiger partial charge in [0.15, 0.2) is 5.82 Å². The number of nitrogens with one attached hydrogen (secondary N) is 2. The lowest BCUT2D eigenvalue weighted by molar-refractivity contribution is 0.0957. The van der Waals surface area contributed by atoms with Crippen molar-refractivity contribution < 1.29 is 4.79 Å². The Morgan fingerprint density at radius 1 is 1.12 bits per heavy atom. The van der Waals surface area contributed by atoms with Gasteiger partial charge in [-0.15, -0.1) is 0 Å².